The van der Waals surface area contributed by atoms with Crippen molar-refractivity contribution in [2.24, 2.45) is 0 Å². The molecule has 0 unspecified atom stereocenters. The van der Waals surface area contributed by atoms with Crippen molar-refractivity contribution >= 4 is 34.7 Å². The number of thioether (sulfide) groups is 1. The van der Waals surface area contributed by atoms with E-state index in [0.29, 0.717) is 12.2 Å². The topological polar surface area (TPSA) is 64.4 Å². The van der Waals surface area contributed by atoms with Crippen molar-refractivity contribution in [1.82, 2.24) is 14.5 Å². The van der Waals surface area contributed by atoms with Crippen molar-refractivity contribution in [2.45, 2.75) is 50.6 Å². The molecule has 1 aromatic carbocycles. The van der Waals surface area contributed by atoms with E-state index in [1.807, 2.05) is 17.9 Å². The summed E-state index contributed by atoms with van der Waals surface area (Å²) < 4.78 is 7.15. The summed E-state index contributed by atoms with van der Waals surface area (Å²) in [6, 6.07) is 5.42. The molecule has 1 aliphatic heterocycles. The van der Waals surface area contributed by atoms with Gasteiger partial charge in [0.05, 0.1) is 28.5 Å². The maximum absolute atomic E-state index is 12.6. The van der Waals surface area contributed by atoms with Gasteiger partial charge in [0.2, 0.25) is 5.91 Å². The molecule has 0 radical (unpaired) electrons. The Balaban J connectivity index is 1.85. The molecule has 0 aliphatic carbocycles. The second-order valence-electron chi connectivity index (χ2n) is 6.36. The van der Waals surface area contributed by atoms with Crippen LogP contribution in [0.3, 0.4) is 0 Å². The molecule has 2 aromatic rings. The number of ether oxygens (including phenoxy) is 1. The molecule has 3 rings (SSSR count). The second-order valence-corrected chi connectivity index (χ2v) is 7.66. The van der Waals surface area contributed by atoms with Gasteiger partial charge in [-0.2, -0.15) is 0 Å². The van der Waals surface area contributed by atoms with E-state index in [-0.39, 0.29) is 17.1 Å². The van der Waals surface area contributed by atoms with E-state index >= 15 is 0 Å². The molecule has 0 N–H and O–H groups in total. The van der Waals surface area contributed by atoms with Crippen LogP contribution >= 0.6 is 11.8 Å². The summed E-state index contributed by atoms with van der Waals surface area (Å²) in [4.78, 5) is 31.2. The lowest BCUT2D eigenvalue weighted by Crippen LogP contribution is -2.34. The molecule has 6 nitrogen and oxygen atoms in total. The minimum atomic E-state index is -0.341. The van der Waals surface area contributed by atoms with Crippen LogP contribution in [-0.2, 0) is 16.1 Å². The minimum absolute atomic E-state index is 0.175. The van der Waals surface area contributed by atoms with Crippen LogP contribution in [0.15, 0.2) is 23.4 Å². The second kappa shape index (κ2) is 8.12. The first kappa shape index (κ1) is 18.8. The number of carbonyl (C=O) groups is 2. The Morgan fingerprint density at radius 3 is 2.65 bits per heavy atom. The molecule has 0 saturated carbocycles. The van der Waals surface area contributed by atoms with Gasteiger partial charge < -0.3 is 14.2 Å². The smallest absolute Gasteiger partial charge is 0.338 e. The number of aryl methyl sites for hydroxylation is 1. The fourth-order valence-electron chi connectivity index (χ4n) is 3.25. The molecule has 0 spiro atoms. The van der Waals surface area contributed by atoms with Crippen LogP contribution in [0.1, 0.15) is 44.0 Å². The van der Waals surface area contributed by atoms with Crippen molar-refractivity contribution < 1.29 is 14.3 Å². The highest BCUT2D eigenvalue weighted by Crippen LogP contribution is 2.29. The van der Waals surface area contributed by atoms with Crippen LogP contribution in [0.5, 0.6) is 0 Å². The number of carbonyl (C=O) groups excluding carboxylic acids is 2. The Morgan fingerprint density at radius 1 is 1.27 bits per heavy atom. The van der Waals surface area contributed by atoms with E-state index < -0.39 is 0 Å². The summed E-state index contributed by atoms with van der Waals surface area (Å²) in [6.07, 6.45) is 2.18. The van der Waals surface area contributed by atoms with E-state index in [9.17, 15) is 9.59 Å². The Morgan fingerprint density at radius 2 is 2.00 bits per heavy atom. The standard InChI is InChI=1S/C19H25N3O3S/c1-4-22-16-9-8-14(18(24)25-5-2)12-15(16)20-19(22)26-13(3)17(23)21-10-6-7-11-21/h8-9,12-13H,4-7,10-11H2,1-3H3/t13-/m0/s1. The number of aromatic nitrogens is 2. The molecule has 1 saturated heterocycles. The van der Waals surface area contributed by atoms with Gasteiger partial charge in [0, 0.05) is 19.6 Å². The summed E-state index contributed by atoms with van der Waals surface area (Å²) in [5.74, 6) is -0.165. The van der Waals surface area contributed by atoms with Gasteiger partial charge in [-0.05, 0) is 51.8 Å². The fraction of sp³-hybridized carbons (Fsp3) is 0.526. The van der Waals surface area contributed by atoms with Gasteiger partial charge >= 0.3 is 5.97 Å². The highest BCUT2D eigenvalue weighted by atomic mass is 32.2. The summed E-state index contributed by atoms with van der Waals surface area (Å²) >= 11 is 1.48. The van der Waals surface area contributed by atoms with Crippen LogP contribution < -0.4 is 0 Å². The van der Waals surface area contributed by atoms with Gasteiger partial charge in [0.1, 0.15) is 0 Å². The van der Waals surface area contributed by atoms with Crippen molar-refractivity contribution in [3.05, 3.63) is 23.8 Å². The van der Waals surface area contributed by atoms with Gasteiger partial charge in [-0.1, -0.05) is 11.8 Å². The monoisotopic (exact) mass is 375 g/mol. The van der Waals surface area contributed by atoms with Gasteiger partial charge in [-0.15, -0.1) is 0 Å². The average Bonchev–Trinajstić information content (AvgIpc) is 3.28. The van der Waals surface area contributed by atoms with Crippen molar-refractivity contribution in [1.29, 1.82) is 0 Å². The molecule has 1 aliphatic rings. The SMILES string of the molecule is CCOC(=O)c1ccc2c(c1)nc(S[C@@H](C)C(=O)N1CCCC1)n2CC. The third-order valence-electron chi connectivity index (χ3n) is 4.59. The summed E-state index contributed by atoms with van der Waals surface area (Å²) in [6.45, 7) is 8.59. The Hall–Kier alpha value is -2.02. The van der Waals surface area contributed by atoms with Gasteiger partial charge in [-0.3, -0.25) is 4.79 Å². The molecule has 1 amide bonds. The first-order valence-electron chi connectivity index (χ1n) is 9.18. The van der Waals surface area contributed by atoms with E-state index in [1.54, 1.807) is 19.1 Å². The zero-order valence-corrected chi connectivity index (χ0v) is 16.3. The Bertz CT molecular complexity index is 812. The number of likely N-dealkylation sites (tertiary alicyclic amines) is 1. The molecular formula is C19H25N3O3S. The first-order valence-corrected chi connectivity index (χ1v) is 10.1. The van der Waals surface area contributed by atoms with Crippen molar-refractivity contribution in [3.8, 4) is 0 Å². The maximum Gasteiger partial charge on any atom is 0.338 e. The normalized spacial score (nSPS) is 15.4. The number of amides is 1. The zero-order chi connectivity index (χ0) is 18.7. The number of nitrogens with zero attached hydrogens (tertiary/aromatic N) is 3. The predicted octanol–water partition coefficient (Wildman–Crippen LogP) is 3.34. The van der Waals surface area contributed by atoms with Gasteiger partial charge in [-0.25, -0.2) is 9.78 Å². The van der Waals surface area contributed by atoms with Crippen molar-refractivity contribution in [3.63, 3.8) is 0 Å². The lowest BCUT2D eigenvalue weighted by molar-refractivity contribution is -0.129. The quantitative estimate of drug-likeness (QED) is 0.572. The number of hydrogen-bond acceptors (Lipinski definition) is 5. The Labute approximate surface area is 157 Å². The Kier molecular flexibility index (Phi) is 5.86. The lowest BCUT2D eigenvalue weighted by atomic mass is 10.2. The third kappa shape index (κ3) is 3.72. The molecule has 0 bridgehead atoms. The minimum Gasteiger partial charge on any atom is -0.462 e. The van der Waals surface area contributed by atoms with Crippen LogP contribution in [0.2, 0.25) is 0 Å². The van der Waals surface area contributed by atoms with Gasteiger partial charge in [0.25, 0.3) is 0 Å². The highest BCUT2D eigenvalue weighted by Gasteiger charge is 2.25. The van der Waals surface area contributed by atoms with E-state index in [1.165, 1.54) is 11.8 Å². The molecule has 1 aromatic heterocycles. The number of rotatable bonds is 6. The molecule has 1 fully saturated rings. The van der Waals surface area contributed by atoms with Crippen molar-refractivity contribution in [2.75, 3.05) is 19.7 Å². The fourth-order valence-corrected chi connectivity index (χ4v) is 4.32. The predicted molar refractivity (Wildman–Crippen MR) is 102 cm³/mol. The van der Waals surface area contributed by atoms with Crippen LogP contribution in [-0.4, -0.2) is 51.3 Å². The molecule has 7 heteroatoms. The number of esters is 1. The highest BCUT2D eigenvalue weighted by molar-refractivity contribution is 8.00. The number of hydrogen-bond donors (Lipinski definition) is 0. The summed E-state index contributed by atoms with van der Waals surface area (Å²) in [5.41, 5.74) is 2.21. The molecule has 2 heterocycles. The molecular weight excluding hydrogens is 350 g/mol. The first-order chi connectivity index (χ1) is 12.5. The molecule has 1 atom stereocenters. The lowest BCUT2D eigenvalue weighted by Gasteiger charge is -2.19. The largest absolute Gasteiger partial charge is 0.462 e. The van der Waals surface area contributed by atoms with E-state index in [0.717, 1.165) is 48.7 Å². The molecule has 26 heavy (non-hydrogen) atoms. The van der Waals surface area contributed by atoms with Crippen LogP contribution in [0.4, 0.5) is 0 Å². The van der Waals surface area contributed by atoms with E-state index in [2.05, 4.69) is 16.5 Å². The average molecular weight is 375 g/mol. The molecule has 140 valence electrons. The zero-order valence-electron chi connectivity index (χ0n) is 15.5. The van der Waals surface area contributed by atoms with Crippen LogP contribution in [0.25, 0.3) is 11.0 Å². The number of benzene rings is 1. The van der Waals surface area contributed by atoms with E-state index in [4.69, 9.17) is 4.74 Å². The number of fused-ring (bicyclic) bond motifs is 1. The van der Waals surface area contributed by atoms with Gasteiger partial charge in [0.15, 0.2) is 5.16 Å². The summed E-state index contributed by atoms with van der Waals surface area (Å²) in [5, 5.41) is 0.628. The van der Waals surface area contributed by atoms with Crippen LogP contribution in [0, 0.1) is 0 Å². The maximum atomic E-state index is 12.6. The third-order valence-corrected chi connectivity index (χ3v) is 5.67. The summed E-state index contributed by atoms with van der Waals surface area (Å²) in [7, 11) is 0. The number of imidazole rings is 1.